The van der Waals surface area contributed by atoms with E-state index in [1.807, 2.05) is 0 Å². The molecule has 5 heteroatoms. The van der Waals surface area contributed by atoms with Gasteiger partial charge < -0.3 is 4.98 Å². The summed E-state index contributed by atoms with van der Waals surface area (Å²) in [6, 6.07) is 0. The summed E-state index contributed by atoms with van der Waals surface area (Å²) in [5.41, 5.74) is 1.24. The SMILES string of the molecule is [B]c1c[nH]c2ncnc(Cl)c12. The third kappa shape index (κ3) is 0.904. The minimum absolute atomic E-state index is 0.383. The van der Waals surface area contributed by atoms with Gasteiger partial charge in [-0.15, -0.1) is 0 Å². The molecule has 0 unspecified atom stereocenters. The third-order valence-corrected chi connectivity index (χ3v) is 1.74. The van der Waals surface area contributed by atoms with E-state index in [0.29, 0.717) is 21.6 Å². The fraction of sp³-hybridized carbons (Fsp3) is 0. The Bertz CT molecular complexity index is 398. The fourth-order valence-corrected chi connectivity index (χ4v) is 1.19. The van der Waals surface area contributed by atoms with Crippen LogP contribution in [0.3, 0.4) is 0 Å². The number of nitrogens with one attached hydrogen (secondary N) is 1. The summed E-state index contributed by atoms with van der Waals surface area (Å²) < 4.78 is 0. The summed E-state index contributed by atoms with van der Waals surface area (Å²) in [5.74, 6) is 0. The molecule has 0 aliphatic heterocycles. The molecular weight excluding hydrogens is 160 g/mol. The molecule has 11 heavy (non-hydrogen) atoms. The van der Waals surface area contributed by atoms with Crippen LogP contribution in [0, 0.1) is 0 Å². The number of fused-ring (bicyclic) bond motifs is 1. The zero-order valence-electron chi connectivity index (χ0n) is 5.50. The van der Waals surface area contributed by atoms with Crippen molar-refractivity contribution in [3.8, 4) is 0 Å². The minimum atomic E-state index is 0.383. The standard InChI is InChI=1S/C6H3BClN3/c7-3-1-9-6-4(3)5(8)10-2-11-6/h1-2H,(H,9,10,11). The molecule has 0 bridgehead atoms. The Kier molecular flexibility index (Phi) is 1.36. The first-order valence-electron chi connectivity index (χ1n) is 3.02. The molecule has 0 aromatic carbocycles. The van der Waals surface area contributed by atoms with Gasteiger partial charge in [0.25, 0.3) is 0 Å². The molecule has 0 aliphatic carbocycles. The molecule has 0 spiro atoms. The smallest absolute Gasteiger partial charge is 0.141 e. The summed E-state index contributed by atoms with van der Waals surface area (Å²) in [7, 11) is 5.58. The van der Waals surface area contributed by atoms with E-state index in [0.717, 1.165) is 0 Å². The molecule has 3 nitrogen and oxygen atoms in total. The first-order chi connectivity index (χ1) is 5.29. The van der Waals surface area contributed by atoms with E-state index in [9.17, 15) is 0 Å². The summed E-state index contributed by atoms with van der Waals surface area (Å²) in [6.07, 6.45) is 3.03. The van der Waals surface area contributed by atoms with Crippen LogP contribution in [0.5, 0.6) is 0 Å². The van der Waals surface area contributed by atoms with E-state index in [2.05, 4.69) is 15.0 Å². The number of nitrogens with zero attached hydrogens (tertiary/aromatic N) is 2. The molecule has 0 aliphatic rings. The number of H-pyrrole nitrogens is 1. The van der Waals surface area contributed by atoms with Crippen molar-refractivity contribution in [3.05, 3.63) is 17.7 Å². The second-order valence-electron chi connectivity index (χ2n) is 2.13. The van der Waals surface area contributed by atoms with Crippen LogP contribution in [0.25, 0.3) is 11.0 Å². The van der Waals surface area contributed by atoms with Gasteiger partial charge in [0, 0.05) is 5.39 Å². The van der Waals surface area contributed by atoms with Gasteiger partial charge in [0.2, 0.25) is 0 Å². The molecule has 0 atom stereocenters. The monoisotopic (exact) mass is 163 g/mol. The minimum Gasteiger partial charge on any atom is -0.347 e. The first-order valence-corrected chi connectivity index (χ1v) is 3.40. The maximum absolute atomic E-state index is 5.75. The molecule has 0 saturated heterocycles. The summed E-state index contributed by atoms with van der Waals surface area (Å²) in [6.45, 7) is 0. The Morgan fingerprint density at radius 2 is 2.27 bits per heavy atom. The highest BCUT2D eigenvalue weighted by atomic mass is 35.5. The lowest BCUT2D eigenvalue weighted by atomic mass is 9.98. The molecule has 0 saturated carbocycles. The quantitative estimate of drug-likeness (QED) is 0.451. The first kappa shape index (κ1) is 6.67. The molecule has 2 radical (unpaired) electrons. The molecule has 2 heterocycles. The van der Waals surface area contributed by atoms with Gasteiger partial charge in [-0.05, 0) is 6.20 Å². The van der Waals surface area contributed by atoms with Crippen LogP contribution in [-0.2, 0) is 0 Å². The van der Waals surface area contributed by atoms with Crippen molar-refractivity contribution >= 4 is 35.9 Å². The van der Waals surface area contributed by atoms with Crippen LogP contribution in [-0.4, -0.2) is 22.8 Å². The zero-order chi connectivity index (χ0) is 7.84. The largest absolute Gasteiger partial charge is 0.347 e. The lowest BCUT2D eigenvalue weighted by molar-refractivity contribution is 1.20. The molecule has 2 aromatic rings. The molecule has 1 N–H and O–H groups in total. The van der Waals surface area contributed by atoms with Gasteiger partial charge in [-0.3, -0.25) is 0 Å². The summed E-state index contributed by atoms with van der Waals surface area (Å²) in [5, 5.41) is 1.07. The van der Waals surface area contributed by atoms with E-state index >= 15 is 0 Å². The molecule has 52 valence electrons. The van der Waals surface area contributed by atoms with Crippen molar-refractivity contribution in [2.75, 3.05) is 0 Å². The van der Waals surface area contributed by atoms with Crippen LogP contribution in [0.2, 0.25) is 5.15 Å². The fourth-order valence-electron chi connectivity index (χ4n) is 0.948. The average molecular weight is 163 g/mol. The Morgan fingerprint density at radius 1 is 1.45 bits per heavy atom. The van der Waals surface area contributed by atoms with E-state index < -0.39 is 0 Å². The van der Waals surface area contributed by atoms with Crippen molar-refractivity contribution in [2.24, 2.45) is 0 Å². The van der Waals surface area contributed by atoms with E-state index in [-0.39, 0.29) is 0 Å². The second-order valence-corrected chi connectivity index (χ2v) is 2.49. The van der Waals surface area contributed by atoms with Crippen LogP contribution >= 0.6 is 11.6 Å². The van der Waals surface area contributed by atoms with Gasteiger partial charge >= 0.3 is 0 Å². The van der Waals surface area contributed by atoms with Gasteiger partial charge in [-0.1, -0.05) is 17.1 Å². The number of hydrogen-bond acceptors (Lipinski definition) is 2. The molecular formula is C6H3BClN3. The molecule has 0 fully saturated rings. The van der Waals surface area contributed by atoms with Crippen LogP contribution in [0.1, 0.15) is 0 Å². The lowest BCUT2D eigenvalue weighted by Gasteiger charge is -1.91. The Hall–Kier alpha value is -1.03. The highest BCUT2D eigenvalue weighted by Crippen LogP contribution is 2.14. The number of aromatic nitrogens is 3. The van der Waals surface area contributed by atoms with E-state index in [1.54, 1.807) is 6.20 Å². The number of hydrogen-bond donors (Lipinski definition) is 1. The maximum atomic E-state index is 5.75. The van der Waals surface area contributed by atoms with Gasteiger partial charge in [-0.25, -0.2) is 9.97 Å². The Morgan fingerprint density at radius 3 is 3.00 bits per heavy atom. The number of aromatic amines is 1. The van der Waals surface area contributed by atoms with E-state index in [4.69, 9.17) is 19.4 Å². The predicted octanol–water partition coefficient (Wildman–Crippen LogP) is 0.405. The Labute approximate surface area is 69.2 Å². The highest BCUT2D eigenvalue weighted by Gasteiger charge is 2.03. The lowest BCUT2D eigenvalue weighted by Crippen LogP contribution is -1.98. The van der Waals surface area contributed by atoms with Crippen molar-refractivity contribution in [2.45, 2.75) is 0 Å². The van der Waals surface area contributed by atoms with Crippen molar-refractivity contribution in [1.29, 1.82) is 0 Å². The molecule has 0 amide bonds. The predicted molar refractivity (Wildman–Crippen MR) is 44.3 cm³/mol. The number of rotatable bonds is 0. The average Bonchev–Trinajstić information content (AvgIpc) is 2.34. The van der Waals surface area contributed by atoms with Crippen LogP contribution < -0.4 is 5.46 Å². The summed E-state index contributed by atoms with van der Waals surface area (Å²) >= 11 is 5.75. The van der Waals surface area contributed by atoms with Crippen LogP contribution in [0.4, 0.5) is 0 Å². The van der Waals surface area contributed by atoms with Crippen molar-refractivity contribution in [3.63, 3.8) is 0 Å². The summed E-state index contributed by atoms with van der Waals surface area (Å²) in [4.78, 5) is 10.6. The van der Waals surface area contributed by atoms with E-state index in [1.165, 1.54) is 6.33 Å². The van der Waals surface area contributed by atoms with Gasteiger partial charge in [-0.2, -0.15) is 0 Å². The van der Waals surface area contributed by atoms with Gasteiger partial charge in [0.1, 0.15) is 25.0 Å². The second kappa shape index (κ2) is 2.24. The van der Waals surface area contributed by atoms with Crippen molar-refractivity contribution in [1.82, 2.24) is 15.0 Å². The molecule has 2 rings (SSSR count). The molecule has 2 aromatic heterocycles. The Balaban J connectivity index is 2.96. The van der Waals surface area contributed by atoms with Crippen molar-refractivity contribution < 1.29 is 0 Å². The zero-order valence-corrected chi connectivity index (χ0v) is 6.26. The maximum Gasteiger partial charge on any atom is 0.141 e. The van der Waals surface area contributed by atoms with Gasteiger partial charge in [0.15, 0.2) is 0 Å². The topological polar surface area (TPSA) is 41.6 Å². The number of halogens is 1. The highest BCUT2D eigenvalue weighted by molar-refractivity contribution is 6.44. The normalized spacial score (nSPS) is 10.6. The van der Waals surface area contributed by atoms with Crippen LogP contribution in [0.15, 0.2) is 12.5 Å². The van der Waals surface area contributed by atoms with Gasteiger partial charge in [0.05, 0.1) is 0 Å². The third-order valence-electron chi connectivity index (χ3n) is 1.45.